The first-order chi connectivity index (χ1) is 15.4. The summed E-state index contributed by atoms with van der Waals surface area (Å²) in [6.07, 6.45) is 4.78. The van der Waals surface area contributed by atoms with Crippen LogP contribution in [0.15, 0.2) is 77.0 Å². The molecular formula is C23H14Cl4N4O. The fraction of sp³-hybridized carbons (Fsp3) is 0. The van der Waals surface area contributed by atoms with E-state index in [9.17, 15) is 5.11 Å². The topological polar surface area (TPSA) is 62.8 Å². The van der Waals surface area contributed by atoms with Crippen LogP contribution >= 0.6 is 46.4 Å². The van der Waals surface area contributed by atoms with Crippen molar-refractivity contribution in [3.05, 3.63) is 98.1 Å². The number of aromatic nitrogens is 2. The van der Waals surface area contributed by atoms with Crippen molar-refractivity contribution in [3.63, 3.8) is 0 Å². The van der Waals surface area contributed by atoms with E-state index < -0.39 is 0 Å². The highest BCUT2D eigenvalue weighted by atomic mass is 35.5. The van der Waals surface area contributed by atoms with Crippen LogP contribution in [0.5, 0.6) is 5.75 Å². The van der Waals surface area contributed by atoms with Gasteiger partial charge in [-0.3, -0.25) is 0 Å². The summed E-state index contributed by atoms with van der Waals surface area (Å²) in [4.78, 5) is 8.97. The molecule has 1 N–H and O–H groups in total. The smallest absolute Gasteiger partial charge is 0.251 e. The number of phenolic OH excluding ortho intramolecular Hbond substituents is 1. The summed E-state index contributed by atoms with van der Waals surface area (Å²) < 4.78 is 1.51. The lowest BCUT2D eigenvalue weighted by molar-refractivity contribution is 0.474. The monoisotopic (exact) mass is 502 g/mol. The van der Waals surface area contributed by atoms with Crippen LogP contribution in [0.25, 0.3) is 11.3 Å². The summed E-state index contributed by atoms with van der Waals surface area (Å²) >= 11 is 24.2. The summed E-state index contributed by atoms with van der Waals surface area (Å²) in [5, 5.41) is 16.6. The standard InChI is InChI=1S/C23H14Cl4N4O/c24-17-4-1-14(2-5-17)21-13-31(29-12-15-3-6-19(26)10-20(15)27)23(30-21)28-11-16-9-18(25)7-8-22(16)32/h1-13,32H/b28-11?,29-12-. The van der Waals surface area contributed by atoms with Gasteiger partial charge in [0.15, 0.2) is 0 Å². The molecule has 1 aromatic heterocycles. The van der Waals surface area contributed by atoms with Gasteiger partial charge in [-0.05, 0) is 42.5 Å². The summed E-state index contributed by atoms with van der Waals surface area (Å²) in [5.74, 6) is 0.335. The number of nitrogens with zero attached hydrogens (tertiary/aromatic N) is 4. The van der Waals surface area contributed by atoms with Crippen molar-refractivity contribution in [2.45, 2.75) is 0 Å². The summed E-state index contributed by atoms with van der Waals surface area (Å²) in [6.45, 7) is 0. The Morgan fingerprint density at radius 2 is 1.47 bits per heavy atom. The molecular weight excluding hydrogens is 490 g/mol. The molecule has 0 aliphatic carbocycles. The average Bonchev–Trinajstić information content (AvgIpc) is 3.17. The van der Waals surface area contributed by atoms with Crippen molar-refractivity contribution < 1.29 is 5.11 Å². The highest BCUT2D eigenvalue weighted by Gasteiger charge is 2.09. The van der Waals surface area contributed by atoms with Crippen molar-refractivity contribution in [3.8, 4) is 17.0 Å². The number of hydrogen-bond donors (Lipinski definition) is 1. The summed E-state index contributed by atoms with van der Waals surface area (Å²) in [6, 6.07) is 17.1. The quantitative estimate of drug-likeness (QED) is 0.286. The van der Waals surface area contributed by atoms with Gasteiger partial charge in [0.1, 0.15) is 5.75 Å². The Labute approximate surface area is 204 Å². The molecule has 160 valence electrons. The second-order valence-corrected chi connectivity index (χ2v) is 8.37. The fourth-order valence-corrected chi connectivity index (χ4v) is 3.54. The van der Waals surface area contributed by atoms with E-state index in [1.807, 2.05) is 12.1 Å². The van der Waals surface area contributed by atoms with Crippen molar-refractivity contribution in [1.82, 2.24) is 9.66 Å². The Balaban J connectivity index is 1.74. The van der Waals surface area contributed by atoms with Gasteiger partial charge in [0.25, 0.3) is 5.95 Å². The zero-order chi connectivity index (χ0) is 22.7. The number of phenols is 1. The van der Waals surface area contributed by atoms with E-state index in [0.29, 0.717) is 36.9 Å². The minimum absolute atomic E-state index is 0.0469. The predicted octanol–water partition coefficient (Wildman–Crippen LogP) is 7.50. The van der Waals surface area contributed by atoms with Crippen LogP contribution < -0.4 is 0 Å². The van der Waals surface area contributed by atoms with E-state index in [4.69, 9.17) is 46.4 Å². The molecule has 0 spiro atoms. The van der Waals surface area contributed by atoms with Crippen LogP contribution in [0.2, 0.25) is 20.1 Å². The molecule has 1 heterocycles. The van der Waals surface area contributed by atoms with Crippen molar-refractivity contribution in [1.29, 1.82) is 0 Å². The van der Waals surface area contributed by atoms with Crippen LogP contribution in [0.1, 0.15) is 11.1 Å². The molecule has 0 bridgehead atoms. The lowest BCUT2D eigenvalue weighted by Crippen LogP contribution is -1.91. The number of aromatic hydroxyl groups is 1. The first kappa shape index (κ1) is 22.4. The van der Waals surface area contributed by atoms with Crippen LogP contribution in [-0.4, -0.2) is 27.2 Å². The SMILES string of the molecule is Oc1ccc(Cl)cc1C=Nc1nc(-c2ccc(Cl)cc2)cn1/N=C\c1ccc(Cl)cc1Cl. The Hall–Kier alpha value is -2.83. The third kappa shape index (κ3) is 5.31. The fourth-order valence-electron chi connectivity index (χ4n) is 2.78. The molecule has 0 fully saturated rings. The zero-order valence-electron chi connectivity index (χ0n) is 16.3. The van der Waals surface area contributed by atoms with Crippen molar-refractivity contribution >= 4 is 64.8 Å². The zero-order valence-corrected chi connectivity index (χ0v) is 19.3. The molecule has 0 aliphatic heterocycles. The largest absolute Gasteiger partial charge is 0.507 e. The van der Waals surface area contributed by atoms with Crippen molar-refractivity contribution in [2.75, 3.05) is 0 Å². The molecule has 0 unspecified atom stereocenters. The first-order valence-electron chi connectivity index (χ1n) is 9.26. The third-order valence-electron chi connectivity index (χ3n) is 4.40. The highest BCUT2D eigenvalue weighted by molar-refractivity contribution is 6.36. The second kappa shape index (κ2) is 9.76. The molecule has 0 atom stereocenters. The maximum atomic E-state index is 10.1. The van der Waals surface area contributed by atoms with Gasteiger partial charge in [-0.2, -0.15) is 5.10 Å². The Morgan fingerprint density at radius 3 is 2.22 bits per heavy atom. The number of hydrogen-bond acceptors (Lipinski definition) is 4. The van der Waals surface area contributed by atoms with Gasteiger partial charge >= 0.3 is 0 Å². The van der Waals surface area contributed by atoms with Gasteiger partial charge in [-0.25, -0.2) is 14.7 Å². The van der Waals surface area contributed by atoms with E-state index in [-0.39, 0.29) is 11.7 Å². The van der Waals surface area contributed by atoms with Gasteiger partial charge in [0.2, 0.25) is 0 Å². The van der Waals surface area contributed by atoms with Gasteiger partial charge < -0.3 is 5.11 Å². The lowest BCUT2D eigenvalue weighted by atomic mass is 10.2. The third-order valence-corrected chi connectivity index (χ3v) is 5.45. The summed E-state index contributed by atoms with van der Waals surface area (Å²) in [7, 11) is 0. The van der Waals surface area contributed by atoms with E-state index in [2.05, 4.69) is 15.1 Å². The first-order valence-corrected chi connectivity index (χ1v) is 10.8. The molecule has 0 amide bonds. The number of halogens is 4. The van der Waals surface area contributed by atoms with Gasteiger partial charge in [-0.15, -0.1) is 0 Å². The average molecular weight is 504 g/mol. The van der Waals surface area contributed by atoms with Crippen LogP contribution in [0.3, 0.4) is 0 Å². The maximum absolute atomic E-state index is 10.1. The molecule has 32 heavy (non-hydrogen) atoms. The number of imidazole rings is 1. The van der Waals surface area contributed by atoms with E-state index >= 15 is 0 Å². The van der Waals surface area contributed by atoms with Gasteiger partial charge in [0, 0.05) is 38.0 Å². The van der Waals surface area contributed by atoms with Crippen LogP contribution in [-0.2, 0) is 0 Å². The van der Waals surface area contributed by atoms with Crippen LogP contribution in [0, 0.1) is 0 Å². The number of benzene rings is 3. The number of aliphatic imine (C=N–C) groups is 1. The Bertz CT molecular complexity index is 1330. The molecule has 4 rings (SSSR count). The van der Waals surface area contributed by atoms with Gasteiger partial charge in [-0.1, -0.05) is 64.6 Å². The van der Waals surface area contributed by atoms with E-state index in [0.717, 1.165) is 5.56 Å². The van der Waals surface area contributed by atoms with Crippen molar-refractivity contribution in [2.24, 2.45) is 10.1 Å². The molecule has 9 heteroatoms. The highest BCUT2D eigenvalue weighted by Crippen LogP contribution is 2.26. The molecule has 0 radical (unpaired) electrons. The lowest BCUT2D eigenvalue weighted by Gasteiger charge is -2.00. The van der Waals surface area contributed by atoms with Gasteiger partial charge in [0.05, 0.1) is 23.1 Å². The Morgan fingerprint density at radius 1 is 0.781 bits per heavy atom. The molecule has 0 saturated heterocycles. The second-order valence-electron chi connectivity index (χ2n) is 6.65. The predicted molar refractivity (Wildman–Crippen MR) is 132 cm³/mol. The normalized spacial score (nSPS) is 11.6. The molecule has 0 aliphatic rings. The Kier molecular flexibility index (Phi) is 6.82. The number of rotatable bonds is 5. The maximum Gasteiger partial charge on any atom is 0.251 e. The molecule has 3 aromatic carbocycles. The minimum atomic E-state index is 0.0469. The molecule has 4 aromatic rings. The molecule has 5 nitrogen and oxygen atoms in total. The van der Waals surface area contributed by atoms with E-state index in [1.54, 1.807) is 54.9 Å². The van der Waals surface area contributed by atoms with Crippen LogP contribution in [0.4, 0.5) is 5.95 Å². The van der Waals surface area contributed by atoms with E-state index in [1.165, 1.54) is 17.0 Å². The molecule has 0 saturated carbocycles. The summed E-state index contributed by atoms with van der Waals surface area (Å²) in [5.41, 5.74) is 2.61. The minimum Gasteiger partial charge on any atom is -0.507 e.